The standard InChI is InChI=1S/C21H26FN5O2.2ClH/c22-16-5-7-17(8-6-16)27-14-23-12-19(27)21(29)26-10-2-3-15(13-26)11-25-20(28)18-4-1-9-24-18;;/h5-8,12,14-15,18,24H,1-4,9-11,13H2,(H,25,28);2*1H. The summed E-state index contributed by atoms with van der Waals surface area (Å²) >= 11 is 0. The Balaban J connectivity index is 0.00000171. The SMILES string of the molecule is Cl.Cl.O=C(NCC1CCCN(C(=O)c2cncn2-c2ccc(F)cc2)C1)C1CCCN1. The number of halogens is 3. The molecule has 1 aromatic heterocycles. The summed E-state index contributed by atoms with van der Waals surface area (Å²) in [6.07, 6.45) is 6.91. The van der Waals surface area contributed by atoms with Gasteiger partial charge in [-0.25, -0.2) is 9.37 Å². The van der Waals surface area contributed by atoms with Gasteiger partial charge in [0.2, 0.25) is 5.91 Å². The van der Waals surface area contributed by atoms with Crippen molar-refractivity contribution in [2.45, 2.75) is 31.7 Å². The molecule has 0 radical (unpaired) electrons. The molecular formula is C21H28Cl2FN5O2. The minimum Gasteiger partial charge on any atom is -0.354 e. The van der Waals surface area contributed by atoms with E-state index in [-0.39, 0.29) is 54.4 Å². The van der Waals surface area contributed by atoms with Crippen LogP contribution >= 0.6 is 24.8 Å². The van der Waals surface area contributed by atoms with E-state index in [0.717, 1.165) is 32.2 Å². The average Bonchev–Trinajstić information content (AvgIpc) is 3.44. The molecule has 2 aromatic rings. The number of rotatable bonds is 5. The van der Waals surface area contributed by atoms with E-state index in [1.165, 1.54) is 12.1 Å². The van der Waals surface area contributed by atoms with Gasteiger partial charge >= 0.3 is 0 Å². The van der Waals surface area contributed by atoms with Gasteiger partial charge in [-0.15, -0.1) is 24.8 Å². The van der Waals surface area contributed by atoms with Crippen LogP contribution in [0, 0.1) is 11.7 Å². The van der Waals surface area contributed by atoms with Crippen LogP contribution in [0.5, 0.6) is 0 Å². The van der Waals surface area contributed by atoms with Gasteiger partial charge in [0, 0.05) is 25.3 Å². The number of carbonyl (C=O) groups excluding carboxylic acids is 2. The molecule has 4 rings (SSSR count). The number of hydrogen-bond donors (Lipinski definition) is 2. The van der Waals surface area contributed by atoms with Crippen LogP contribution in [0.3, 0.4) is 0 Å². The Morgan fingerprint density at radius 3 is 2.65 bits per heavy atom. The number of hydrogen-bond acceptors (Lipinski definition) is 4. The molecule has 2 unspecified atom stereocenters. The number of piperidine rings is 1. The van der Waals surface area contributed by atoms with E-state index in [4.69, 9.17) is 0 Å². The van der Waals surface area contributed by atoms with Crippen molar-refractivity contribution in [3.05, 3.63) is 48.3 Å². The van der Waals surface area contributed by atoms with Crippen LogP contribution < -0.4 is 10.6 Å². The van der Waals surface area contributed by atoms with Gasteiger partial charge in [-0.05, 0) is 62.4 Å². The van der Waals surface area contributed by atoms with Crippen LogP contribution in [-0.4, -0.2) is 58.5 Å². The van der Waals surface area contributed by atoms with E-state index in [0.29, 0.717) is 31.0 Å². The van der Waals surface area contributed by atoms with Crippen molar-refractivity contribution in [2.24, 2.45) is 5.92 Å². The first-order chi connectivity index (χ1) is 14.1. The highest BCUT2D eigenvalue weighted by Gasteiger charge is 2.28. The lowest BCUT2D eigenvalue weighted by molar-refractivity contribution is -0.123. The highest BCUT2D eigenvalue weighted by atomic mass is 35.5. The van der Waals surface area contributed by atoms with E-state index in [2.05, 4.69) is 15.6 Å². The summed E-state index contributed by atoms with van der Waals surface area (Å²) in [5.74, 6) is -0.128. The lowest BCUT2D eigenvalue weighted by Gasteiger charge is -2.33. The van der Waals surface area contributed by atoms with Crippen molar-refractivity contribution in [1.29, 1.82) is 0 Å². The van der Waals surface area contributed by atoms with Gasteiger partial charge in [-0.3, -0.25) is 14.2 Å². The summed E-state index contributed by atoms with van der Waals surface area (Å²) in [7, 11) is 0. The Hall–Kier alpha value is -2.16. The van der Waals surface area contributed by atoms with Gasteiger partial charge in [-0.1, -0.05) is 0 Å². The first-order valence-corrected chi connectivity index (χ1v) is 10.2. The number of likely N-dealkylation sites (tertiary alicyclic amines) is 1. The minimum atomic E-state index is -0.324. The summed E-state index contributed by atoms with van der Waals surface area (Å²) in [6, 6.07) is 5.89. The van der Waals surface area contributed by atoms with Crippen molar-refractivity contribution in [3.8, 4) is 5.69 Å². The highest BCUT2D eigenvalue weighted by molar-refractivity contribution is 5.93. The predicted octanol–water partition coefficient (Wildman–Crippen LogP) is 2.58. The van der Waals surface area contributed by atoms with Gasteiger partial charge in [-0.2, -0.15) is 0 Å². The molecule has 0 spiro atoms. The molecule has 1 aromatic carbocycles. The van der Waals surface area contributed by atoms with Crippen LogP contribution in [-0.2, 0) is 4.79 Å². The molecule has 0 aliphatic carbocycles. The second-order valence-electron chi connectivity index (χ2n) is 7.78. The maximum atomic E-state index is 13.2. The van der Waals surface area contributed by atoms with Crippen molar-refractivity contribution in [3.63, 3.8) is 0 Å². The number of nitrogens with zero attached hydrogens (tertiary/aromatic N) is 3. The third kappa shape index (κ3) is 5.96. The summed E-state index contributed by atoms with van der Waals surface area (Å²) in [5, 5.41) is 6.24. The van der Waals surface area contributed by atoms with Gasteiger partial charge in [0.05, 0.1) is 18.6 Å². The Labute approximate surface area is 193 Å². The summed E-state index contributed by atoms with van der Waals surface area (Å²) < 4.78 is 14.9. The van der Waals surface area contributed by atoms with Crippen molar-refractivity contribution < 1.29 is 14.0 Å². The summed E-state index contributed by atoms with van der Waals surface area (Å²) in [6.45, 7) is 2.76. The number of imidazole rings is 1. The Kier molecular flexibility index (Phi) is 9.28. The zero-order valence-electron chi connectivity index (χ0n) is 17.1. The molecule has 2 aliphatic heterocycles. The monoisotopic (exact) mass is 471 g/mol. The maximum absolute atomic E-state index is 13.2. The van der Waals surface area contributed by atoms with Crippen LogP contribution in [0.2, 0.25) is 0 Å². The van der Waals surface area contributed by atoms with Gasteiger partial charge < -0.3 is 15.5 Å². The number of benzene rings is 1. The second-order valence-corrected chi connectivity index (χ2v) is 7.78. The largest absolute Gasteiger partial charge is 0.354 e. The molecule has 2 fully saturated rings. The molecule has 2 amide bonds. The van der Waals surface area contributed by atoms with E-state index in [1.807, 2.05) is 4.90 Å². The van der Waals surface area contributed by atoms with Crippen molar-refractivity contribution in [1.82, 2.24) is 25.1 Å². The van der Waals surface area contributed by atoms with E-state index < -0.39 is 0 Å². The number of aromatic nitrogens is 2. The molecule has 2 saturated heterocycles. The smallest absolute Gasteiger partial charge is 0.272 e. The van der Waals surface area contributed by atoms with Crippen molar-refractivity contribution >= 4 is 36.6 Å². The Bertz CT molecular complexity index is 871. The third-order valence-electron chi connectivity index (χ3n) is 5.71. The van der Waals surface area contributed by atoms with E-state index >= 15 is 0 Å². The molecule has 31 heavy (non-hydrogen) atoms. The number of nitrogens with one attached hydrogen (secondary N) is 2. The molecule has 0 saturated carbocycles. The average molecular weight is 472 g/mol. The van der Waals surface area contributed by atoms with Gasteiger partial charge in [0.1, 0.15) is 11.5 Å². The summed E-state index contributed by atoms with van der Waals surface area (Å²) in [5.41, 5.74) is 1.15. The summed E-state index contributed by atoms with van der Waals surface area (Å²) in [4.78, 5) is 31.3. The first-order valence-electron chi connectivity index (χ1n) is 10.2. The zero-order valence-corrected chi connectivity index (χ0v) is 18.8. The third-order valence-corrected chi connectivity index (χ3v) is 5.71. The second kappa shape index (κ2) is 11.5. The fourth-order valence-corrected chi connectivity index (χ4v) is 4.12. The van der Waals surface area contributed by atoms with Crippen LogP contribution in [0.1, 0.15) is 36.2 Å². The van der Waals surface area contributed by atoms with Gasteiger partial charge in [0.15, 0.2) is 0 Å². The van der Waals surface area contributed by atoms with Crippen LogP contribution in [0.15, 0.2) is 36.8 Å². The lowest BCUT2D eigenvalue weighted by atomic mass is 9.97. The molecule has 170 valence electrons. The Morgan fingerprint density at radius 1 is 1.16 bits per heavy atom. The number of amides is 2. The topological polar surface area (TPSA) is 79.3 Å². The lowest BCUT2D eigenvalue weighted by Crippen LogP contribution is -2.47. The molecule has 3 heterocycles. The molecular weight excluding hydrogens is 444 g/mol. The molecule has 0 bridgehead atoms. The Morgan fingerprint density at radius 2 is 1.94 bits per heavy atom. The van der Waals surface area contributed by atoms with E-state index in [1.54, 1.807) is 29.2 Å². The molecule has 10 heteroatoms. The van der Waals surface area contributed by atoms with Crippen LogP contribution in [0.4, 0.5) is 4.39 Å². The molecule has 2 N–H and O–H groups in total. The maximum Gasteiger partial charge on any atom is 0.272 e. The fraction of sp³-hybridized carbons (Fsp3) is 0.476. The normalized spacial score (nSPS) is 20.5. The fourth-order valence-electron chi connectivity index (χ4n) is 4.12. The first kappa shape index (κ1) is 25.1. The van der Waals surface area contributed by atoms with E-state index in [9.17, 15) is 14.0 Å². The molecule has 2 atom stereocenters. The van der Waals surface area contributed by atoms with Crippen LogP contribution in [0.25, 0.3) is 5.69 Å². The van der Waals surface area contributed by atoms with Crippen molar-refractivity contribution in [2.75, 3.05) is 26.2 Å². The minimum absolute atomic E-state index is 0. The highest BCUT2D eigenvalue weighted by Crippen LogP contribution is 2.20. The molecule has 2 aliphatic rings. The zero-order chi connectivity index (χ0) is 20.2. The quantitative estimate of drug-likeness (QED) is 0.702. The number of carbonyl (C=O) groups is 2. The van der Waals surface area contributed by atoms with Gasteiger partial charge in [0.25, 0.3) is 5.91 Å². The predicted molar refractivity (Wildman–Crippen MR) is 121 cm³/mol. The molecule has 7 nitrogen and oxygen atoms in total.